The van der Waals surface area contributed by atoms with Crippen LogP contribution in [0.3, 0.4) is 0 Å². The SMILES string of the molecule is CCOc1cc(/C=C(\C#N)C(=O)Nc2ccc(Cl)cc2)cc(Br)c1OC(=O)c1ccc(OC)cc1. The summed E-state index contributed by atoms with van der Waals surface area (Å²) < 4.78 is 16.8. The van der Waals surface area contributed by atoms with Gasteiger partial charge in [0, 0.05) is 10.7 Å². The molecule has 0 saturated heterocycles. The second kappa shape index (κ2) is 12.1. The normalized spacial score (nSPS) is 10.8. The van der Waals surface area contributed by atoms with Crippen molar-refractivity contribution < 1.29 is 23.8 Å². The van der Waals surface area contributed by atoms with Gasteiger partial charge in [-0.05, 0) is 95.2 Å². The number of rotatable bonds is 8. The summed E-state index contributed by atoms with van der Waals surface area (Å²) in [6.07, 6.45) is 1.41. The number of carbonyl (C=O) groups excluding carboxylic acids is 2. The Balaban J connectivity index is 1.86. The minimum absolute atomic E-state index is 0.128. The lowest BCUT2D eigenvalue weighted by atomic mass is 10.1. The highest BCUT2D eigenvalue weighted by Crippen LogP contribution is 2.38. The Labute approximate surface area is 216 Å². The molecule has 7 nitrogen and oxygen atoms in total. The largest absolute Gasteiger partial charge is 0.497 e. The average molecular weight is 556 g/mol. The number of nitrogens with one attached hydrogen (secondary N) is 1. The van der Waals surface area contributed by atoms with Crippen LogP contribution in [0.4, 0.5) is 5.69 Å². The lowest BCUT2D eigenvalue weighted by molar-refractivity contribution is -0.112. The third kappa shape index (κ3) is 6.85. The zero-order valence-electron chi connectivity index (χ0n) is 18.8. The highest BCUT2D eigenvalue weighted by molar-refractivity contribution is 9.10. The lowest BCUT2D eigenvalue weighted by Gasteiger charge is -2.14. The summed E-state index contributed by atoms with van der Waals surface area (Å²) in [6, 6.07) is 18.1. The van der Waals surface area contributed by atoms with Crippen LogP contribution < -0.4 is 19.5 Å². The van der Waals surface area contributed by atoms with Crippen LogP contribution in [0.2, 0.25) is 5.02 Å². The number of hydrogen-bond acceptors (Lipinski definition) is 6. The van der Waals surface area contributed by atoms with Gasteiger partial charge in [0.1, 0.15) is 17.4 Å². The Morgan fingerprint density at radius 1 is 1.11 bits per heavy atom. The summed E-state index contributed by atoms with van der Waals surface area (Å²) in [4.78, 5) is 25.2. The fraction of sp³-hybridized carbons (Fsp3) is 0.115. The first-order valence-electron chi connectivity index (χ1n) is 10.4. The van der Waals surface area contributed by atoms with Crippen molar-refractivity contribution in [2.24, 2.45) is 0 Å². The molecule has 0 heterocycles. The van der Waals surface area contributed by atoms with Crippen molar-refractivity contribution in [3.63, 3.8) is 0 Å². The number of nitrogens with zero attached hydrogens (tertiary/aromatic N) is 1. The zero-order chi connectivity index (χ0) is 25.4. The van der Waals surface area contributed by atoms with Gasteiger partial charge >= 0.3 is 5.97 Å². The first-order chi connectivity index (χ1) is 16.8. The summed E-state index contributed by atoms with van der Waals surface area (Å²) >= 11 is 9.26. The number of methoxy groups -OCH3 is 1. The fourth-order valence-corrected chi connectivity index (χ4v) is 3.63. The molecule has 0 bridgehead atoms. The van der Waals surface area contributed by atoms with Gasteiger partial charge in [-0.2, -0.15) is 5.26 Å². The van der Waals surface area contributed by atoms with Crippen molar-refractivity contribution in [1.82, 2.24) is 0 Å². The molecule has 9 heteroatoms. The molecule has 1 amide bonds. The van der Waals surface area contributed by atoms with E-state index in [4.69, 9.17) is 25.8 Å². The van der Waals surface area contributed by atoms with E-state index in [1.165, 1.54) is 13.2 Å². The summed E-state index contributed by atoms with van der Waals surface area (Å²) in [5.74, 6) is -0.113. The standard InChI is InChI=1S/C26H20BrClN2O5/c1-3-34-23-14-16(12-18(15-29)25(31)30-20-8-6-19(28)7-9-20)13-22(27)24(23)35-26(32)17-4-10-21(33-2)11-5-17/h4-14H,3H2,1-2H3,(H,30,31)/b18-12+. The van der Waals surface area contributed by atoms with Gasteiger partial charge in [0.2, 0.25) is 0 Å². The molecular formula is C26H20BrClN2O5. The number of anilines is 1. The van der Waals surface area contributed by atoms with Crippen molar-refractivity contribution in [2.45, 2.75) is 6.92 Å². The van der Waals surface area contributed by atoms with Crippen LogP contribution in [-0.4, -0.2) is 25.6 Å². The summed E-state index contributed by atoms with van der Waals surface area (Å²) in [5.41, 5.74) is 1.19. The second-order valence-corrected chi connectivity index (χ2v) is 8.30. The molecule has 0 radical (unpaired) electrons. The van der Waals surface area contributed by atoms with Crippen LogP contribution in [0.15, 0.2) is 70.7 Å². The number of benzene rings is 3. The van der Waals surface area contributed by atoms with Crippen molar-refractivity contribution in [1.29, 1.82) is 5.26 Å². The highest BCUT2D eigenvalue weighted by atomic mass is 79.9. The van der Waals surface area contributed by atoms with Gasteiger partial charge in [-0.25, -0.2) is 4.79 Å². The monoisotopic (exact) mass is 554 g/mol. The molecule has 0 fully saturated rings. The highest BCUT2D eigenvalue weighted by Gasteiger charge is 2.18. The lowest BCUT2D eigenvalue weighted by Crippen LogP contribution is -2.13. The van der Waals surface area contributed by atoms with Crippen molar-refractivity contribution >= 4 is 51.2 Å². The van der Waals surface area contributed by atoms with Crippen LogP contribution in [-0.2, 0) is 4.79 Å². The van der Waals surface area contributed by atoms with E-state index in [1.54, 1.807) is 67.6 Å². The first kappa shape index (κ1) is 25.8. The van der Waals surface area contributed by atoms with Crippen LogP contribution in [0, 0.1) is 11.3 Å². The molecule has 0 aliphatic rings. The van der Waals surface area contributed by atoms with Crippen LogP contribution in [0.1, 0.15) is 22.8 Å². The zero-order valence-corrected chi connectivity index (χ0v) is 21.1. The fourth-order valence-electron chi connectivity index (χ4n) is 2.96. The predicted molar refractivity (Wildman–Crippen MR) is 137 cm³/mol. The maximum atomic E-state index is 12.7. The molecule has 0 aliphatic carbocycles. The van der Waals surface area contributed by atoms with Crippen LogP contribution in [0.25, 0.3) is 6.08 Å². The third-order valence-electron chi connectivity index (χ3n) is 4.63. The van der Waals surface area contributed by atoms with Gasteiger partial charge in [0.25, 0.3) is 5.91 Å². The number of ether oxygens (including phenoxy) is 3. The summed E-state index contributed by atoms with van der Waals surface area (Å²) in [5, 5.41) is 12.7. The van der Waals surface area contributed by atoms with E-state index in [2.05, 4.69) is 21.2 Å². The van der Waals surface area contributed by atoms with Crippen LogP contribution in [0.5, 0.6) is 17.2 Å². The van der Waals surface area contributed by atoms with Crippen molar-refractivity contribution in [2.75, 3.05) is 19.0 Å². The van der Waals surface area contributed by atoms with E-state index < -0.39 is 11.9 Å². The van der Waals surface area contributed by atoms with Crippen molar-refractivity contribution in [3.8, 4) is 23.3 Å². The Kier molecular flexibility index (Phi) is 8.90. The van der Waals surface area contributed by atoms with Gasteiger partial charge in [0.05, 0.1) is 23.8 Å². The van der Waals surface area contributed by atoms with E-state index >= 15 is 0 Å². The molecule has 3 aromatic carbocycles. The van der Waals surface area contributed by atoms with Gasteiger partial charge in [0.15, 0.2) is 11.5 Å². The van der Waals surface area contributed by atoms with Gasteiger partial charge in [-0.15, -0.1) is 0 Å². The molecule has 3 aromatic rings. The molecule has 0 unspecified atom stereocenters. The molecule has 0 spiro atoms. The third-order valence-corrected chi connectivity index (χ3v) is 5.47. The Morgan fingerprint density at radius 2 is 1.80 bits per heavy atom. The molecule has 0 atom stereocenters. The Morgan fingerprint density at radius 3 is 2.40 bits per heavy atom. The van der Waals surface area contributed by atoms with E-state index in [0.717, 1.165) is 0 Å². The molecule has 3 rings (SSSR count). The molecule has 0 aromatic heterocycles. The van der Waals surface area contributed by atoms with Gasteiger partial charge < -0.3 is 19.5 Å². The smallest absolute Gasteiger partial charge is 0.343 e. The van der Waals surface area contributed by atoms with Crippen molar-refractivity contribution in [3.05, 3.63) is 86.9 Å². The predicted octanol–water partition coefficient (Wildman–Crippen LogP) is 6.27. The maximum absolute atomic E-state index is 12.7. The minimum atomic E-state index is -0.586. The Hall–Kier alpha value is -3.80. The number of esters is 1. The Bertz CT molecular complexity index is 1300. The number of amides is 1. The van der Waals surface area contributed by atoms with E-state index in [0.29, 0.717) is 38.7 Å². The quantitative estimate of drug-likeness (QED) is 0.152. The molecule has 178 valence electrons. The summed E-state index contributed by atoms with van der Waals surface area (Å²) in [7, 11) is 1.54. The average Bonchev–Trinajstić information content (AvgIpc) is 2.86. The molecular weight excluding hydrogens is 536 g/mol. The number of nitriles is 1. The first-order valence-corrected chi connectivity index (χ1v) is 11.5. The molecule has 0 aliphatic heterocycles. The molecule has 35 heavy (non-hydrogen) atoms. The second-order valence-electron chi connectivity index (χ2n) is 7.01. The number of carbonyl (C=O) groups is 2. The molecule has 0 saturated carbocycles. The van der Waals surface area contributed by atoms with E-state index in [9.17, 15) is 14.9 Å². The van der Waals surface area contributed by atoms with Gasteiger partial charge in [-0.3, -0.25) is 4.79 Å². The number of halogens is 2. The van der Waals surface area contributed by atoms with E-state index in [-0.39, 0.29) is 17.1 Å². The van der Waals surface area contributed by atoms with Gasteiger partial charge in [-0.1, -0.05) is 11.6 Å². The van der Waals surface area contributed by atoms with E-state index in [1.807, 2.05) is 6.07 Å². The topological polar surface area (TPSA) is 97.6 Å². The summed E-state index contributed by atoms with van der Waals surface area (Å²) in [6.45, 7) is 2.08. The minimum Gasteiger partial charge on any atom is -0.497 e. The molecule has 1 N–H and O–H groups in total. The van der Waals surface area contributed by atoms with Crippen LogP contribution >= 0.6 is 27.5 Å². The maximum Gasteiger partial charge on any atom is 0.343 e. The number of hydrogen-bond donors (Lipinski definition) is 1.